The Morgan fingerprint density at radius 3 is 2.71 bits per heavy atom. The van der Waals surface area contributed by atoms with Gasteiger partial charge in [0.25, 0.3) is 0 Å². The number of aromatic nitrogens is 2. The summed E-state index contributed by atoms with van der Waals surface area (Å²) in [7, 11) is 0. The quantitative estimate of drug-likeness (QED) is 0.862. The first-order valence-electron chi connectivity index (χ1n) is 7.47. The zero-order chi connectivity index (χ0) is 15.5. The second-order valence-electron chi connectivity index (χ2n) is 6.34. The fraction of sp³-hybridized carbons (Fsp3) is 0.471. The second kappa shape index (κ2) is 6.75. The summed E-state index contributed by atoms with van der Waals surface area (Å²) in [6.45, 7) is 9.58. The molecule has 0 atom stereocenters. The summed E-state index contributed by atoms with van der Waals surface area (Å²) >= 11 is 3.58. The van der Waals surface area contributed by atoms with Crippen LogP contribution in [0.15, 0.2) is 35.1 Å². The van der Waals surface area contributed by atoms with E-state index in [-0.39, 0.29) is 5.54 Å². The maximum absolute atomic E-state index is 4.49. The number of imidazole rings is 1. The van der Waals surface area contributed by atoms with Gasteiger partial charge in [-0.05, 0) is 44.9 Å². The van der Waals surface area contributed by atoms with Crippen LogP contribution in [0.5, 0.6) is 0 Å². The van der Waals surface area contributed by atoms with Crippen LogP contribution in [0.2, 0.25) is 0 Å². The number of nitrogens with one attached hydrogen (secondary N) is 1. The number of rotatable bonds is 5. The molecule has 0 bridgehead atoms. The normalized spacial score (nSPS) is 11.9. The number of aryl methyl sites for hydroxylation is 1. The molecule has 4 heteroatoms. The lowest BCUT2D eigenvalue weighted by Crippen LogP contribution is -2.35. The molecule has 1 N–H and O–H groups in total. The van der Waals surface area contributed by atoms with E-state index in [0.717, 1.165) is 29.7 Å². The highest BCUT2D eigenvalue weighted by molar-refractivity contribution is 9.10. The van der Waals surface area contributed by atoms with Gasteiger partial charge in [-0.25, -0.2) is 4.98 Å². The van der Waals surface area contributed by atoms with Crippen molar-refractivity contribution in [3.05, 3.63) is 46.5 Å². The highest BCUT2D eigenvalue weighted by Gasteiger charge is 2.13. The van der Waals surface area contributed by atoms with Gasteiger partial charge < -0.3 is 9.88 Å². The summed E-state index contributed by atoms with van der Waals surface area (Å²) < 4.78 is 3.29. The standard InChI is InChI=1S/C17H24BrN3/c1-5-6-16-19-9-10-21(16)15-11-14(18)8-7-13(15)12-20-17(2,3)4/h7-11,20H,5-6,12H2,1-4H3. The van der Waals surface area contributed by atoms with Gasteiger partial charge in [0.15, 0.2) is 0 Å². The van der Waals surface area contributed by atoms with Crippen LogP contribution in [0.4, 0.5) is 0 Å². The minimum Gasteiger partial charge on any atom is -0.308 e. The van der Waals surface area contributed by atoms with Gasteiger partial charge in [0.1, 0.15) is 5.82 Å². The van der Waals surface area contributed by atoms with E-state index in [4.69, 9.17) is 0 Å². The summed E-state index contributed by atoms with van der Waals surface area (Å²) in [5, 5.41) is 3.56. The van der Waals surface area contributed by atoms with Crippen LogP contribution in [-0.4, -0.2) is 15.1 Å². The lowest BCUT2D eigenvalue weighted by molar-refractivity contribution is 0.424. The molecule has 114 valence electrons. The van der Waals surface area contributed by atoms with Crippen LogP contribution < -0.4 is 5.32 Å². The zero-order valence-corrected chi connectivity index (χ0v) is 14.9. The third-order valence-corrected chi connectivity index (χ3v) is 3.80. The topological polar surface area (TPSA) is 29.9 Å². The fourth-order valence-corrected chi connectivity index (χ4v) is 2.58. The molecule has 0 aliphatic heterocycles. The van der Waals surface area contributed by atoms with Crippen LogP contribution in [0.1, 0.15) is 45.5 Å². The highest BCUT2D eigenvalue weighted by Crippen LogP contribution is 2.23. The minimum atomic E-state index is 0.103. The Labute approximate surface area is 135 Å². The van der Waals surface area contributed by atoms with Gasteiger partial charge in [0, 0.05) is 35.4 Å². The van der Waals surface area contributed by atoms with Crippen LogP contribution in [-0.2, 0) is 13.0 Å². The molecule has 0 fully saturated rings. The van der Waals surface area contributed by atoms with Crippen molar-refractivity contribution in [2.75, 3.05) is 0 Å². The van der Waals surface area contributed by atoms with Gasteiger partial charge in [0.05, 0.1) is 5.69 Å². The molecule has 2 aromatic rings. The van der Waals surface area contributed by atoms with Crippen LogP contribution in [0, 0.1) is 0 Å². The van der Waals surface area contributed by atoms with Gasteiger partial charge in [-0.1, -0.05) is 28.9 Å². The third kappa shape index (κ3) is 4.42. The lowest BCUT2D eigenvalue weighted by Gasteiger charge is -2.22. The third-order valence-electron chi connectivity index (χ3n) is 3.31. The van der Waals surface area contributed by atoms with E-state index in [0.29, 0.717) is 0 Å². The summed E-state index contributed by atoms with van der Waals surface area (Å²) in [4.78, 5) is 4.49. The molecule has 1 aromatic heterocycles. The molecule has 3 nitrogen and oxygen atoms in total. The predicted octanol–water partition coefficient (Wildman–Crippen LogP) is 4.48. The Morgan fingerprint density at radius 1 is 1.29 bits per heavy atom. The van der Waals surface area contributed by atoms with Crippen molar-refractivity contribution in [2.45, 2.75) is 52.6 Å². The van der Waals surface area contributed by atoms with Gasteiger partial charge in [-0.15, -0.1) is 0 Å². The van der Waals surface area contributed by atoms with Gasteiger partial charge in [0.2, 0.25) is 0 Å². The first-order valence-corrected chi connectivity index (χ1v) is 8.26. The smallest absolute Gasteiger partial charge is 0.113 e. The largest absolute Gasteiger partial charge is 0.308 e. The maximum atomic E-state index is 4.49. The lowest BCUT2D eigenvalue weighted by atomic mass is 10.1. The molecule has 0 saturated heterocycles. The molecular formula is C17H24BrN3. The average Bonchev–Trinajstić information content (AvgIpc) is 2.85. The minimum absolute atomic E-state index is 0.103. The van der Waals surface area contributed by atoms with E-state index < -0.39 is 0 Å². The molecule has 0 radical (unpaired) electrons. The summed E-state index contributed by atoms with van der Waals surface area (Å²) in [6.07, 6.45) is 6.02. The molecule has 0 spiro atoms. The molecule has 0 aliphatic rings. The fourth-order valence-electron chi connectivity index (χ4n) is 2.23. The number of nitrogens with zero attached hydrogens (tertiary/aromatic N) is 2. The van der Waals surface area contributed by atoms with Crippen LogP contribution in [0.25, 0.3) is 5.69 Å². The van der Waals surface area contributed by atoms with Crippen molar-refractivity contribution < 1.29 is 0 Å². The molecule has 2 rings (SSSR count). The number of benzene rings is 1. The van der Waals surface area contributed by atoms with Crippen molar-refractivity contribution >= 4 is 15.9 Å². The van der Waals surface area contributed by atoms with Crippen molar-refractivity contribution in [1.82, 2.24) is 14.9 Å². The number of hydrogen-bond acceptors (Lipinski definition) is 2. The maximum Gasteiger partial charge on any atom is 0.113 e. The summed E-state index contributed by atoms with van der Waals surface area (Å²) in [5.41, 5.74) is 2.58. The van der Waals surface area contributed by atoms with Crippen molar-refractivity contribution in [1.29, 1.82) is 0 Å². The average molecular weight is 350 g/mol. The SMILES string of the molecule is CCCc1nccn1-c1cc(Br)ccc1CNC(C)(C)C. The Kier molecular flexibility index (Phi) is 5.22. The van der Waals surface area contributed by atoms with E-state index in [9.17, 15) is 0 Å². The predicted molar refractivity (Wildman–Crippen MR) is 91.9 cm³/mol. The Hall–Kier alpha value is -1.13. The first-order chi connectivity index (χ1) is 9.90. The van der Waals surface area contributed by atoms with E-state index >= 15 is 0 Å². The van der Waals surface area contributed by atoms with E-state index in [1.165, 1.54) is 11.3 Å². The van der Waals surface area contributed by atoms with Crippen molar-refractivity contribution in [2.24, 2.45) is 0 Å². The molecule has 0 unspecified atom stereocenters. The monoisotopic (exact) mass is 349 g/mol. The van der Waals surface area contributed by atoms with E-state index in [1.807, 2.05) is 12.4 Å². The van der Waals surface area contributed by atoms with Gasteiger partial charge in [-0.3, -0.25) is 0 Å². The highest BCUT2D eigenvalue weighted by atomic mass is 79.9. The molecule has 0 aliphatic carbocycles. The van der Waals surface area contributed by atoms with E-state index in [1.54, 1.807) is 0 Å². The van der Waals surface area contributed by atoms with Gasteiger partial charge in [-0.2, -0.15) is 0 Å². The molecular weight excluding hydrogens is 326 g/mol. The first kappa shape index (κ1) is 16.2. The van der Waals surface area contributed by atoms with Crippen LogP contribution >= 0.6 is 15.9 Å². The van der Waals surface area contributed by atoms with E-state index in [2.05, 4.69) is 76.7 Å². The van der Waals surface area contributed by atoms with Crippen molar-refractivity contribution in [3.8, 4) is 5.69 Å². The summed E-state index contributed by atoms with van der Waals surface area (Å²) in [5.74, 6) is 1.12. The molecule has 0 saturated carbocycles. The molecule has 0 amide bonds. The Balaban J connectivity index is 2.37. The zero-order valence-electron chi connectivity index (χ0n) is 13.3. The molecule has 1 heterocycles. The summed E-state index contributed by atoms with van der Waals surface area (Å²) in [6, 6.07) is 6.44. The van der Waals surface area contributed by atoms with Crippen LogP contribution in [0.3, 0.4) is 0 Å². The second-order valence-corrected chi connectivity index (χ2v) is 7.26. The Bertz CT molecular complexity index is 596. The molecule has 1 aromatic carbocycles. The number of halogens is 1. The molecule has 21 heavy (non-hydrogen) atoms. The number of hydrogen-bond donors (Lipinski definition) is 1. The Morgan fingerprint density at radius 2 is 2.05 bits per heavy atom. The van der Waals surface area contributed by atoms with Gasteiger partial charge >= 0.3 is 0 Å². The van der Waals surface area contributed by atoms with Crippen molar-refractivity contribution in [3.63, 3.8) is 0 Å².